The SMILES string of the molecule is CCOc1cc(CC(C)C)ccc1C. The average molecular weight is 192 g/mol. The van der Waals surface area contributed by atoms with E-state index in [1.54, 1.807) is 0 Å². The predicted molar refractivity (Wildman–Crippen MR) is 60.9 cm³/mol. The molecule has 0 spiro atoms. The third-order valence-electron chi connectivity index (χ3n) is 2.20. The number of hydrogen-bond acceptors (Lipinski definition) is 1. The molecule has 0 aliphatic rings. The van der Waals surface area contributed by atoms with Crippen molar-refractivity contribution in [2.45, 2.75) is 34.1 Å². The summed E-state index contributed by atoms with van der Waals surface area (Å²) in [7, 11) is 0. The van der Waals surface area contributed by atoms with Gasteiger partial charge in [-0.3, -0.25) is 0 Å². The molecule has 14 heavy (non-hydrogen) atoms. The van der Waals surface area contributed by atoms with E-state index in [-0.39, 0.29) is 0 Å². The number of rotatable bonds is 4. The van der Waals surface area contributed by atoms with Gasteiger partial charge in [-0.25, -0.2) is 0 Å². The van der Waals surface area contributed by atoms with Crippen LogP contribution in [0.1, 0.15) is 31.9 Å². The maximum absolute atomic E-state index is 5.56. The largest absolute Gasteiger partial charge is 0.494 e. The summed E-state index contributed by atoms with van der Waals surface area (Å²) in [6.07, 6.45) is 1.13. The molecule has 0 aliphatic carbocycles. The van der Waals surface area contributed by atoms with Crippen molar-refractivity contribution in [3.63, 3.8) is 0 Å². The van der Waals surface area contributed by atoms with Crippen LogP contribution in [0.4, 0.5) is 0 Å². The Morgan fingerprint density at radius 1 is 1.29 bits per heavy atom. The molecular weight excluding hydrogens is 172 g/mol. The third-order valence-corrected chi connectivity index (χ3v) is 2.20. The summed E-state index contributed by atoms with van der Waals surface area (Å²) < 4.78 is 5.56. The van der Waals surface area contributed by atoms with Gasteiger partial charge in [-0.2, -0.15) is 0 Å². The highest BCUT2D eigenvalue weighted by molar-refractivity contribution is 5.36. The second-order valence-corrected chi connectivity index (χ2v) is 4.13. The van der Waals surface area contributed by atoms with E-state index in [0.29, 0.717) is 5.92 Å². The zero-order chi connectivity index (χ0) is 10.6. The Morgan fingerprint density at radius 3 is 2.57 bits per heavy atom. The summed E-state index contributed by atoms with van der Waals surface area (Å²) in [5, 5.41) is 0. The van der Waals surface area contributed by atoms with E-state index >= 15 is 0 Å². The van der Waals surface area contributed by atoms with E-state index in [1.165, 1.54) is 11.1 Å². The molecule has 0 aliphatic heterocycles. The van der Waals surface area contributed by atoms with E-state index in [4.69, 9.17) is 4.74 Å². The Morgan fingerprint density at radius 2 is 2.00 bits per heavy atom. The Labute approximate surface area is 87.1 Å². The number of hydrogen-bond donors (Lipinski definition) is 0. The van der Waals surface area contributed by atoms with E-state index in [1.807, 2.05) is 6.92 Å². The first-order chi connectivity index (χ1) is 6.63. The number of ether oxygens (including phenoxy) is 1. The Hall–Kier alpha value is -0.980. The Kier molecular flexibility index (Phi) is 3.99. The molecule has 1 heteroatoms. The summed E-state index contributed by atoms with van der Waals surface area (Å²) >= 11 is 0. The van der Waals surface area contributed by atoms with Crippen LogP contribution in [0.2, 0.25) is 0 Å². The monoisotopic (exact) mass is 192 g/mol. The van der Waals surface area contributed by atoms with Gasteiger partial charge in [-0.1, -0.05) is 26.0 Å². The van der Waals surface area contributed by atoms with Crippen LogP contribution in [0.5, 0.6) is 5.75 Å². The molecule has 1 aromatic rings. The standard InChI is InChI=1S/C13H20O/c1-5-14-13-9-12(8-10(2)3)7-6-11(13)4/h6-7,9-10H,5,8H2,1-4H3. The van der Waals surface area contributed by atoms with Crippen molar-refractivity contribution in [1.29, 1.82) is 0 Å². The first-order valence-corrected chi connectivity index (χ1v) is 5.35. The van der Waals surface area contributed by atoms with Gasteiger partial charge in [-0.15, -0.1) is 0 Å². The number of aryl methyl sites for hydroxylation is 1. The van der Waals surface area contributed by atoms with Crippen molar-refractivity contribution in [2.24, 2.45) is 5.92 Å². The predicted octanol–water partition coefficient (Wildman–Crippen LogP) is 3.59. The van der Waals surface area contributed by atoms with Crippen LogP contribution in [0.15, 0.2) is 18.2 Å². The van der Waals surface area contributed by atoms with Crippen LogP contribution in [-0.2, 0) is 6.42 Å². The van der Waals surface area contributed by atoms with Crippen molar-refractivity contribution in [3.8, 4) is 5.75 Å². The lowest BCUT2D eigenvalue weighted by molar-refractivity contribution is 0.337. The molecule has 0 atom stereocenters. The summed E-state index contributed by atoms with van der Waals surface area (Å²) in [6, 6.07) is 6.50. The first-order valence-electron chi connectivity index (χ1n) is 5.35. The summed E-state index contributed by atoms with van der Waals surface area (Å²) in [6.45, 7) is 9.32. The summed E-state index contributed by atoms with van der Waals surface area (Å²) in [5.74, 6) is 1.73. The van der Waals surface area contributed by atoms with Crippen LogP contribution in [0.3, 0.4) is 0 Å². The van der Waals surface area contributed by atoms with E-state index in [9.17, 15) is 0 Å². The zero-order valence-corrected chi connectivity index (χ0v) is 9.63. The second kappa shape index (κ2) is 5.04. The van der Waals surface area contributed by atoms with Gasteiger partial charge in [0.25, 0.3) is 0 Å². The fourth-order valence-electron chi connectivity index (χ4n) is 1.55. The molecule has 1 aromatic carbocycles. The van der Waals surface area contributed by atoms with Crippen molar-refractivity contribution in [3.05, 3.63) is 29.3 Å². The highest BCUT2D eigenvalue weighted by atomic mass is 16.5. The minimum absolute atomic E-state index is 0.701. The van der Waals surface area contributed by atoms with E-state index in [0.717, 1.165) is 18.8 Å². The smallest absolute Gasteiger partial charge is 0.122 e. The molecule has 78 valence electrons. The highest BCUT2D eigenvalue weighted by Gasteiger charge is 2.02. The number of benzene rings is 1. The zero-order valence-electron chi connectivity index (χ0n) is 9.63. The van der Waals surface area contributed by atoms with Crippen LogP contribution in [-0.4, -0.2) is 6.61 Å². The van der Waals surface area contributed by atoms with Gasteiger partial charge in [0, 0.05) is 0 Å². The molecule has 1 nitrogen and oxygen atoms in total. The average Bonchev–Trinajstić information content (AvgIpc) is 2.10. The minimum atomic E-state index is 0.701. The van der Waals surface area contributed by atoms with Gasteiger partial charge in [0.15, 0.2) is 0 Å². The Bertz CT molecular complexity index is 289. The van der Waals surface area contributed by atoms with Crippen molar-refractivity contribution in [2.75, 3.05) is 6.61 Å². The molecule has 0 saturated carbocycles. The minimum Gasteiger partial charge on any atom is -0.494 e. The summed E-state index contributed by atoms with van der Waals surface area (Å²) in [5.41, 5.74) is 2.59. The molecule has 0 bridgehead atoms. The lowest BCUT2D eigenvalue weighted by Gasteiger charge is -2.10. The van der Waals surface area contributed by atoms with Crippen molar-refractivity contribution in [1.82, 2.24) is 0 Å². The molecule has 0 aromatic heterocycles. The lowest BCUT2D eigenvalue weighted by atomic mass is 10.0. The van der Waals surface area contributed by atoms with E-state index in [2.05, 4.69) is 39.0 Å². The topological polar surface area (TPSA) is 9.23 Å². The quantitative estimate of drug-likeness (QED) is 0.708. The van der Waals surface area contributed by atoms with Gasteiger partial charge < -0.3 is 4.74 Å². The van der Waals surface area contributed by atoms with Gasteiger partial charge >= 0.3 is 0 Å². The van der Waals surface area contributed by atoms with Crippen molar-refractivity contribution >= 4 is 0 Å². The maximum atomic E-state index is 5.56. The van der Waals surface area contributed by atoms with Crippen LogP contribution < -0.4 is 4.74 Å². The molecule has 0 amide bonds. The van der Waals surface area contributed by atoms with Crippen LogP contribution in [0, 0.1) is 12.8 Å². The van der Waals surface area contributed by atoms with Crippen LogP contribution >= 0.6 is 0 Å². The lowest BCUT2D eigenvalue weighted by Crippen LogP contribution is -1.98. The maximum Gasteiger partial charge on any atom is 0.122 e. The van der Waals surface area contributed by atoms with Gasteiger partial charge in [0.05, 0.1) is 6.61 Å². The normalized spacial score (nSPS) is 10.6. The van der Waals surface area contributed by atoms with Crippen LogP contribution in [0.25, 0.3) is 0 Å². The molecule has 0 heterocycles. The highest BCUT2D eigenvalue weighted by Crippen LogP contribution is 2.21. The van der Waals surface area contributed by atoms with Gasteiger partial charge in [-0.05, 0) is 43.4 Å². The fraction of sp³-hybridized carbons (Fsp3) is 0.538. The van der Waals surface area contributed by atoms with Crippen molar-refractivity contribution < 1.29 is 4.74 Å². The molecule has 1 rings (SSSR count). The fourth-order valence-corrected chi connectivity index (χ4v) is 1.55. The third kappa shape index (κ3) is 3.06. The molecular formula is C13H20O. The molecule has 0 radical (unpaired) electrons. The first kappa shape index (κ1) is 11.1. The molecule has 0 N–H and O–H groups in total. The van der Waals surface area contributed by atoms with Gasteiger partial charge in [0.1, 0.15) is 5.75 Å². The van der Waals surface area contributed by atoms with E-state index < -0.39 is 0 Å². The van der Waals surface area contributed by atoms with Gasteiger partial charge in [0.2, 0.25) is 0 Å². The molecule has 0 saturated heterocycles. The Balaban J connectivity index is 2.83. The summed E-state index contributed by atoms with van der Waals surface area (Å²) in [4.78, 5) is 0. The molecule has 0 fully saturated rings. The molecule has 0 unspecified atom stereocenters. The second-order valence-electron chi connectivity index (χ2n) is 4.13.